The third-order valence-corrected chi connectivity index (χ3v) is 3.24. The Hall–Kier alpha value is -1.16. The van der Waals surface area contributed by atoms with Crippen LogP contribution in [0.4, 0.5) is 4.39 Å². The molecule has 0 radical (unpaired) electrons. The van der Waals surface area contributed by atoms with Crippen molar-refractivity contribution in [2.24, 2.45) is 0 Å². The van der Waals surface area contributed by atoms with Crippen LogP contribution in [-0.4, -0.2) is 9.55 Å². The molecule has 0 aliphatic heterocycles. The fraction of sp³-hybridized carbons (Fsp3) is 0.357. The predicted octanol–water partition coefficient (Wildman–Crippen LogP) is 4.13. The van der Waals surface area contributed by atoms with Crippen molar-refractivity contribution in [3.8, 4) is 0 Å². The quantitative estimate of drug-likeness (QED) is 0.815. The Morgan fingerprint density at radius 3 is 2.67 bits per heavy atom. The first-order valence-corrected chi connectivity index (χ1v) is 6.63. The van der Waals surface area contributed by atoms with Crippen LogP contribution in [0.1, 0.15) is 32.2 Å². The predicted molar refractivity (Wildman–Crippen MR) is 74.1 cm³/mol. The van der Waals surface area contributed by atoms with Crippen molar-refractivity contribution in [3.05, 3.63) is 52.3 Å². The van der Waals surface area contributed by atoms with Crippen LogP contribution >= 0.6 is 15.9 Å². The van der Waals surface area contributed by atoms with Crippen LogP contribution in [0, 0.1) is 5.82 Å². The Labute approximate surface area is 115 Å². The van der Waals surface area contributed by atoms with Crippen LogP contribution < -0.4 is 0 Å². The highest BCUT2D eigenvalue weighted by Gasteiger charge is 2.20. The third kappa shape index (κ3) is 2.80. The second-order valence-electron chi connectivity index (χ2n) is 5.36. The number of hydrogen-bond donors (Lipinski definition) is 0. The molecule has 0 saturated heterocycles. The minimum atomic E-state index is -0.196. The lowest BCUT2D eigenvalue weighted by Gasteiger charge is -2.20. The number of rotatable bonds is 2. The molecule has 4 heteroatoms. The lowest BCUT2D eigenvalue weighted by Crippen LogP contribution is -2.19. The molecule has 96 valence electrons. The summed E-state index contributed by atoms with van der Waals surface area (Å²) in [7, 11) is 0. The first kappa shape index (κ1) is 13.3. The van der Waals surface area contributed by atoms with Crippen LogP contribution in [0.25, 0.3) is 0 Å². The molecule has 18 heavy (non-hydrogen) atoms. The summed E-state index contributed by atoms with van der Waals surface area (Å²) >= 11 is 3.26. The zero-order valence-corrected chi connectivity index (χ0v) is 12.3. The fourth-order valence-corrected chi connectivity index (χ4v) is 2.25. The maximum absolute atomic E-state index is 13.8. The number of halogens is 2. The Kier molecular flexibility index (Phi) is 3.57. The van der Waals surface area contributed by atoms with Gasteiger partial charge in [0.15, 0.2) is 0 Å². The van der Waals surface area contributed by atoms with Crippen molar-refractivity contribution in [1.29, 1.82) is 0 Å². The Balaban J connectivity index is 2.32. The van der Waals surface area contributed by atoms with Crippen molar-refractivity contribution >= 4 is 15.9 Å². The molecule has 1 heterocycles. The van der Waals surface area contributed by atoms with E-state index in [2.05, 4.69) is 41.7 Å². The minimum absolute atomic E-state index is 0.0463. The van der Waals surface area contributed by atoms with Crippen molar-refractivity contribution in [2.45, 2.75) is 32.7 Å². The van der Waals surface area contributed by atoms with Gasteiger partial charge in [-0.25, -0.2) is 9.37 Å². The average Bonchev–Trinajstić information content (AvgIpc) is 2.70. The van der Waals surface area contributed by atoms with E-state index in [1.807, 2.05) is 16.8 Å². The van der Waals surface area contributed by atoms with Gasteiger partial charge >= 0.3 is 0 Å². The van der Waals surface area contributed by atoms with Gasteiger partial charge in [0.2, 0.25) is 0 Å². The number of aromatic nitrogens is 2. The fourth-order valence-electron chi connectivity index (χ4n) is 1.91. The number of imidazole rings is 1. The Bertz CT molecular complexity index is 555. The summed E-state index contributed by atoms with van der Waals surface area (Å²) in [6.07, 6.45) is 3.65. The van der Waals surface area contributed by atoms with E-state index in [4.69, 9.17) is 0 Å². The van der Waals surface area contributed by atoms with E-state index >= 15 is 0 Å². The van der Waals surface area contributed by atoms with Crippen molar-refractivity contribution < 1.29 is 4.39 Å². The summed E-state index contributed by atoms with van der Waals surface area (Å²) in [5, 5.41) is 0. The molecule has 0 bridgehead atoms. The molecule has 1 aromatic heterocycles. The molecule has 0 aliphatic rings. The molecular weight excluding hydrogens is 295 g/mol. The lowest BCUT2D eigenvalue weighted by molar-refractivity contribution is 0.505. The number of nitrogens with zero attached hydrogens (tertiary/aromatic N) is 2. The Morgan fingerprint density at radius 1 is 1.33 bits per heavy atom. The van der Waals surface area contributed by atoms with Crippen molar-refractivity contribution in [3.63, 3.8) is 0 Å². The van der Waals surface area contributed by atoms with Gasteiger partial charge < -0.3 is 4.57 Å². The first-order valence-electron chi connectivity index (χ1n) is 5.83. The summed E-state index contributed by atoms with van der Waals surface area (Å²) in [6.45, 7) is 6.81. The van der Waals surface area contributed by atoms with E-state index < -0.39 is 0 Å². The van der Waals surface area contributed by atoms with E-state index in [0.29, 0.717) is 12.1 Å². The average molecular weight is 311 g/mol. The summed E-state index contributed by atoms with van der Waals surface area (Å²) in [5.74, 6) is 0.766. The molecule has 1 aromatic carbocycles. The lowest BCUT2D eigenvalue weighted by atomic mass is 9.95. The van der Waals surface area contributed by atoms with E-state index in [-0.39, 0.29) is 11.2 Å². The van der Waals surface area contributed by atoms with Gasteiger partial charge in [-0.3, -0.25) is 0 Å². The smallest absolute Gasteiger partial charge is 0.129 e. The van der Waals surface area contributed by atoms with E-state index in [9.17, 15) is 4.39 Å². The van der Waals surface area contributed by atoms with E-state index in [1.165, 1.54) is 6.07 Å². The molecule has 0 atom stereocenters. The molecule has 2 rings (SSSR count). The molecule has 0 unspecified atom stereocenters. The zero-order chi connectivity index (χ0) is 13.3. The van der Waals surface area contributed by atoms with Crippen LogP contribution in [-0.2, 0) is 12.0 Å². The number of benzene rings is 1. The maximum atomic E-state index is 13.8. The molecule has 0 fully saturated rings. The van der Waals surface area contributed by atoms with Gasteiger partial charge in [0, 0.05) is 27.8 Å². The molecule has 2 nitrogen and oxygen atoms in total. The monoisotopic (exact) mass is 310 g/mol. The van der Waals surface area contributed by atoms with Gasteiger partial charge in [0.05, 0.1) is 6.54 Å². The third-order valence-electron chi connectivity index (χ3n) is 2.74. The summed E-state index contributed by atoms with van der Waals surface area (Å²) in [4.78, 5) is 4.36. The van der Waals surface area contributed by atoms with Gasteiger partial charge in [-0.2, -0.15) is 0 Å². The zero-order valence-electron chi connectivity index (χ0n) is 10.7. The second kappa shape index (κ2) is 4.84. The van der Waals surface area contributed by atoms with Crippen LogP contribution in [0.15, 0.2) is 35.1 Å². The molecule has 0 spiro atoms. The molecule has 0 amide bonds. The van der Waals surface area contributed by atoms with E-state index in [0.717, 1.165) is 10.3 Å². The normalized spacial score (nSPS) is 11.8. The molecule has 0 aliphatic carbocycles. The molecule has 2 aromatic rings. The maximum Gasteiger partial charge on any atom is 0.129 e. The highest BCUT2D eigenvalue weighted by Crippen LogP contribution is 2.22. The molecular formula is C14H16BrFN2. The molecule has 0 N–H and O–H groups in total. The largest absolute Gasteiger partial charge is 0.330 e. The SMILES string of the molecule is CC(C)(C)c1nccn1Cc1ccc(Br)cc1F. The van der Waals surface area contributed by atoms with Gasteiger partial charge in [-0.15, -0.1) is 0 Å². The summed E-state index contributed by atoms with van der Waals surface area (Å²) in [5.41, 5.74) is 0.622. The van der Waals surface area contributed by atoms with Crippen LogP contribution in [0.2, 0.25) is 0 Å². The highest BCUT2D eigenvalue weighted by molar-refractivity contribution is 9.10. The first-order chi connectivity index (χ1) is 8.38. The highest BCUT2D eigenvalue weighted by atomic mass is 79.9. The second-order valence-corrected chi connectivity index (χ2v) is 6.28. The minimum Gasteiger partial charge on any atom is -0.330 e. The van der Waals surface area contributed by atoms with Crippen molar-refractivity contribution in [2.75, 3.05) is 0 Å². The van der Waals surface area contributed by atoms with Crippen molar-refractivity contribution in [1.82, 2.24) is 9.55 Å². The standard InChI is InChI=1S/C14H16BrFN2/c1-14(2,3)13-17-6-7-18(13)9-10-4-5-11(15)8-12(10)16/h4-8H,9H2,1-3H3. The van der Waals surface area contributed by atoms with E-state index in [1.54, 1.807) is 12.3 Å². The topological polar surface area (TPSA) is 17.8 Å². The number of hydrogen-bond acceptors (Lipinski definition) is 1. The van der Waals surface area contributed by atoms with Gasteiger partial charge in [-0.1, -0.05) is 42.8 Å². The summed E-state index contributed by atoms with van der Waals surface area (Å²) < 4.78 is 16.6. The van der Waals surface area contributed by atoms with Crippen LogP contribution in [0.5, 0.6) is 0 Å². The van der Waals surface area contributed by atoms with Gasteiger partial charge in [0.1, 0.15) is 11.6 Å². The van der Waals surface area contributed by atoms with Gasteiger partial charge in [-0.05, 0) is 12.1 Å². The van der Waals surface area contributed by atoms with Crippen LogP contribution in [0.3, 0.4) is 0 Å². The summed E-state index contributed by atoms with van der Waals surface area (Å²) in [6, 6.07) is 5.14. The Morgan fingerprint density at radius 2 is 2.06 bits per heavy atom. The van der Waals surface area contributed by atoms with Gasteiger partial charge in [0.25, 0.3) is 0 Å². The molecule has 0 saturated carbocycles.